The van der Waals surface area contributed by atoms with E-state index in [-0.39, 0.29) is 0 Å². The predicted octanol–water partition coefficient (Wildman–Crippen LogP) is 1.94. The lowest BCUT2D eigenvalue weighted by molar-refractivity contribution is -0.192. The van der Waals surface area contributed by atoms with Gasteiger partial charge >= 0.3 is 0 Å². The monoisotopic (exact) mass is 195 g/mol. The van der Waals surface area contributed by atoms with Crippen LogP contribution < -0.4 is 5.32 Å². The Hall–Kier alpha value is -0.0800. The summed E-state index contributed by atoms with van der Waals surface area (Å²) in [5.74, 6) is 0.805. The molecule has 2 aliphatic carbocycles. The van der Waals surface area contributed by atoms with E-state index in [0.29, 0.717) is 11.5 Å². The van der Waals surface area contributed by atoms with E-state index in [1.165, 1.54) is 25.7 Å². The molecule has 2 nitrogen and oxygen atoms in total. The van der Waals surface area contributed by atoms with Gasteiger partial charge in [-0.25, -0.2) is 0 Å². The average molecular weight is 195 g/mol. The third-order valence-corrected chi connectivity index (χ3v) is 4.32. The molecular formula is C12H21NO. The minimum absolute atomic E-state index is 0.369. The molecule has 0 aromatic heterocycles. The number of hydrogen-bond acceptors (Lipinski definition) is 2. The Balaban J connectivity index is 1.69. The Bertz CT molecular complexity index is 234. The van der Waals surface area contributed by atoms with Gasteiger partial charge in [0.15, 0.2) is 0 Å². The van der Waals surface area contributed by atoms with E-state index >= 15 is 0 Å². The molecule has 2 heteroatoms. The Labute approximate surface area is 86.4 Å². The van der Waals surface area contributed by atoms with Gasteiger partial charge in [-0.2, -0.15) is 0 Å². The van der Waals surface area contributed by atoms with Gasteiger partial charge in [0, 0.05) is 30.0 Å². The van der Waals surface area contributed by atoms with E-state index < -0.39 is 0 Å². The van der Waals surface area contributed by atoms with Gasteiger partial charge in [-0.05, 0) is 25.7 Å². The predicted molar refractivity (Wildman–Crippen MR) is 56.2 cm³/mol. The number of ether oxygens (including phenoxy) is 1. The molecule has 1 heterocycles. The van der Waals surface area contributed by atoms with E-state index in [0.717, 1.165) is 24.6 Å². The Morgan fingerprint density at radius 3 is 2.71 bits per heavy atom. The molecule has 1 saturated heterocycles. The summed E-state index contributed by atoms with van der Waals surface area (Å²) in [5.41, 5.74) is 0.369. The van der Waals surface area contributed by atoms with Crippen LogP contribution in [0.15, 0.2) is 0 Å². The maximum Gasteiger partial charge on any atom is 0.0684 e. The van der Waals surface area contributed by atoms with Crippen molar-refractivity contribution in [2.45, 2.75) is 57.7 Å². The zero-order valence-electron chi connectivity index (χ0n) is 9.25. The number of rotatable bonds is 2. The van der Waals surface area contributed by atoms with Crippen LogP contribution in [0.4, 0.5) is 0 Å². The van der Waals surface area contributed by atoms with E-state index in [1.54, 1.807) is 0 Å². The largest absolute Gasteiger partial charge is 0.377 e. The highest BCUT2D eigenvalue weighted by Crippen LogP contribution is 2.52. The molecule has 0 radical (unpaired) electrons. The fourth-order valence-electron chi connectivity index (χ4n) is 3.36. The van der Waals surface area contributed by atoms with Crippen LogP contribution >= 0.6 is 0 Å². The zero-order valence-corrected chi connectivity index (χ0v) is 9.25. The van der Waals surface area contributed by atoms with Crippen molar-refractivity contribution in [1.82, 2.24) is 5.32 Å². The van der Waals surface area contributed by atoms with Crippen molar-refractivity contribution in [3.63, 3.8) is 0 Å². The maximum atomic E-state index is 5.88. The Morgan fingerprint density at radius 1 is 1.21 bits per heavy atom. The second-order valence-electron chi connectivity index (χ2n) is 5.84. The first kappa shape index (κ1) is 9.17. The molecular weight excluding hydrogens is 174 g/mol. The second-order valence-corrected chi connectivity index (χ2v) is 5.84. The minimum Gasteiger partial charge on any atom is -0.377 e. The molecule has 1 N–H and O–H groups in total. The molecule has 3 aliphatic rings. The molecule has 3 fully saturated rings. The fourth-order valence-corrected chi connectivity index (χ4v) is 3.36. The van der Waals surface area contributed by atoms with Gasteiger partial charge in [-0.15, -0.1) is 0 Å². The summed E-state index contributed by atoms with van der Waals surface area (Å²) < 4.78 is 5.88. The Morgan fingerprint density at radius 2 is 2.00 bits per heavy atom. The topological polar surface area (TPSA) is 21.3 Å². The van der Waals surface area contributed by atoms with Crippen LogP contribution in [0.2, 0.25) is 0 Å². The number of fused-ring (bicyclic) bond motifs is 1. The lowest BCUT2D eigenvalue weighted by Gasteiger charge is -2.60. The quantitative estimate of drug-likeness (QED) is 0.727. The van der Waals surface area contributed by atoms with Crippen molar-refractivity contribution in [3.8, 4) is 0 Å². The van der Waals surface area contributed by atoms with Gasteiger partial charge in [0.05, 0.1) is 6.10 Å². The maximum absolute atomic E-state index is 5.88. The molecule has 0 aromatic carbocycles. The van der Waals surface area contributed by atoms with Gasteiger partial charge in [-0.3, -0.25) is 0 Å². The molecule has 3 atom stereocenters. The van der Waals surface area contributed by atoms with Crippen LogP contribution in [-0.2, 0) is 4.74 Å². The Kier molecular flexibility index (Phi) is 1.94. The summed E-state index contributed by atoms with van der Waals surface area (Å²) in [6.45, 7) is 5.71. The van der Waals surface area contributed by atoms with Crippen molar-refractivity contribution in [3.05, 3.63) is 0 Å². The van der Waals surface area contributed by atoms with Gasteiger partial charge in [-0.1, -0.05) is 13.8 Å². The summed E-state index contributed by atoms with van der Waals surface area (Å²) in [5, 5.41) is 3.80. The van der Waals surface area contributed by atoms with Crippen molar-refractivity contribution in [2.24, 2.45) is 11.3 Å². The lowest BCUT2D eigenvalue weighted by Crippen LogP contribution is -2.69. The normalized spacial score (nSPS) is 45.4. The van der Waals surface area contributed by atoms with Crippen LogP contribution in [0.5, 0.6) is 0 Å². The van der Waals surface area contributed by atoms with E-state index in [1.807, 2.05) is 0 Å². The summed E-state index contributed by atoms with van der Waals surface area (Å²) in [7, 11) is 0. The van der Waals surface area contributed by atoms with Crippen LogP contribution in [0.3, 0.4) is 0 Å². The van der Waals surface area contributed by atoms with Crippen molar-refractivity contribution >= 4 is 0 Å². The highest BCUT2D eigenvalue weighted by molar-refractivity contribution is 5.11. The summed E-state index contributed by atoms with van der Waals surface area (Å²) in [6, 6.07) is 1.56. The van der Waals surface area contributed by atoms with Gasteiger partial charge in [0.2, 0.25) is 0 Å². The summed E-state index contributed by atoms with van der Waals surface area (Å²) in [6.07, 6.45) is 5.96. The third-order valence-electron chi connectivity index (χ3n) is 4.32. The average Bonchev–Trinajstić information content (AvgIpc) is 2.98. The summed E-state index contributed by atoms with van der Waals surface area (Å²) >= 11 is 0. The lowest BCUT2D eigenvalue weighted by atomic mass is 9.55. The molecule has 0 aromatic rings. The highest BCUT2D eigenvalue weighted by atomic mass is 16.5. The molecule has 0 bridgehead atoms. The minimum atomic E-state index is 0.369. The number of nitrogens with one attached hydrogen (secondary N) is 1. The standard InChI is InChI=1S/C12H21NO/c1-12(2)10(13-8-5-6-8)9-4-3-7-14-11(9)12/h8-11,13H,3-7H2,1-2H3. The smallest absolute Gasteiger partial charge is 0.0684 e. The first-order valence-electron chi connectivity index (χ1n) is 6.07. The van der Waals surface area contributed by atoms with Crippen LogP contribution in [-0.4, -0.2) is 24.8 Å². The van der Waals surface area contributed by atoms with Crippen molar-refractivity contribution in [2.75, 3.05) is 6.61 Å². The molecule has 2 saturated carbocycles. The van der Waals surface area contributed by atoms with Crippen LogP contribution in [0, 0.1) is 11.3 Å². The molecule has 3 unspecified atom stereocenters. The molecule has 14 heavy (non-hydrogen) atoms. The van der Waals surface area contributed by atoms with E-state index in [4.69, 9.17) is 4.74 Å². The molecule has 0 spiro atoms. The SMILES string of the molecule is CC1(C)C(NC2CC2)C2CCCOC21. The second kappa shape index (κ2) is 2.96. The van der Waals surface area contributed by atoms with Crippen LogP contribution in [0.25, 0.3) is 0 Å². The highest BCUT2D eigenvalue weighted by Gasteiger charge is 2.58. The zero-order chi connectivity index (χ0) is 9.76. The van der Waals surface area contributed by atoms with Crippen molar-refractivity contribution < 1.29 is 4.74 Å². The first-order chi connectivity index (χ1) is 6.69. The first-order valence-corrected chi connectivity index (χ1v) is 6.07. The number of hydrogen-bond donors (Lipinski definition) is 1. The molecule has 3 rings (SSSR count). The molecule has 1 aliphatic heterocycles. The van der Waals surface area contributed by atoms with Gasteiger partial charge in [0.1, 0.15) is 0 Å². The van der Waals surface area contributed by atoms with Gasteiger partial charge < -0.3 is 10.1 Å². The molecule has 80 valence electrons. The van der Waals surface area contributed by atoms with Gasteiger partial charge in [0.25, 0.3) is 0 Å². The molecule has 0 amide bonds. The van der Waals surface area contributed by atoms with E-state index in [9.17, 15) is 0 Å². The summed E-state index contributed by atoms with van der Waals surface area (Å²) in [4.78, 5) is 0. The van der Waals surface area contributed by atoms with Crippen LogP contribution in [0.1, 0.15) is 39.5 Å². The fraction of sp³-hybridized carbons (Fsp3) is 1.00. The van der Waals surface area contributed by atoms with E-state index in [2.05, 4.69) is 19.2 Å². The van der Waals surface area contributed by atoms with Crippen molar-refractivity contribution in [1.29, 1.82) is 0 Å². The third kappa shape index (κ3) is 1.24.